The second-order valence-electron chi connectivity index (χ2n) is 6.16. The third kappa shape index (κ3) is 4.52. The lowest BCUT2D eigenvalue weighted by molar-refractivity contribution is -0.274. The van der Waals surface area contributed by atoms with Crippen molar-refractivity contribution in [3.8, 4) is 11.5 Å². The van der Waals surface area contributed by atoms with E-state index in [0.29, 0.717) is 6.54 Å². The molecule has 1 aromatic heterocycles. The third-order valence-corrected chi connectivity index (χ3v) is 4.15. The van der Waals surface area contributed by atoms with Gasteiger partial charge in [0.1, 0.15) is 11.5 Å². The molecule has 8 heteroatoms. The maximum absolute atomic E-state index is 12.2. The van der Waals surface area contributed by atoms with E-state index < -0.39 is 12.3 Å². The number of hydrogen-bond acceptors (Lipinski definition) is 3. The molecule has 1 atom stereocenters. The number of aromatic nitrogens is 1. The lowest BCUT2D eigenvalue weighted by Crippen LogP contribution is -2.27. The molecule has 0 radical (unpaired) electrons. The number of benzene rings is 2. The Morgan fingerprint density at radius 3 is 2.59 bits per heavy atom. The third-order valence-electron chi connectivity index (χ3n) is 4.15. The monoisotopic (exact) mass is 378 g/mol. The topological polar surface area (TPSA) is 74.3 Å². The first-order valence-corrected chi connectivity index (χ1v) is 8.17. The van der Waals surface area contributed by atoms with Crippen LogP contribution in [0.25, 0.3) is 10.9 Å². The lowest BCUT2D eigenvalue weighted by atomic mass is 10.00. The Bertz CT molecular complexity index is 949. The number of ether oxygens (including phenoxy) is 1. The van der Waals surface area contributed by atoms with Crippen LogP contribution >= 0.6 is 0 Å². The zero-order chi connectivity index (χ0) is 19.6. The number of halogens is 3. The zero-order valence-corrected chi connectivity index (χ0v) is 14.3. The molecule has 0 fully saturated rings. The molecule has 3 aromatic rings. The first-order valence-electron chi connectivity index (χ1n) is 8.17. The Hall–Kier alpha value is -3.16. The number of H-pyrrole nitrogens is 1. The molecule has 5 nitrogen and oxygen atoms in total. The van der Waals surface area contributed by atoms with E-state index in [0.717, 1.165) is 28.6 Å². The number of hydrogen-bond donors (Lipinski definition) is 3. The maximum Gasteiger partial charge on any atom is 0.573 e. The standard InChI is InChI=1S/C19H17F3N2O3/c1-11(16-10-23-17-7-4-13(25)8-15(16)17)9-24-18(26)12-2-5-14(6-3-12)27-19(20,21)22/h2-8,10-11,23,25H,9H2,1H3,(H,24,26). The number of amides is 1. The SMILES string of the molecule is CC(CNC(=O)c1ccc(OC(F)(F)F)cc1)c1c[nH]c2ccc(O)cc12. The summed E-state index contributed by atoms with van der Waals surface area (Å²) in [5.41, 5.74) is 2.05. The van der Waals surface area contributed by atoms with Gasteiger partial charge in [0, 0.05) is 35.1 Å². The minimum atomic E-state index is -4.77. The zero-order valence-electron chi connectivity index (χ0n) is 14.3. The van der Waals surface area contributed by atoms with Gasteiger partial charge in [0.15, 0.2) is 0 Å². The summed E-state index contributed by atoms with van der Waals surface area (Å²) >= 11 is 0. The van der Waals surface area contributed by atoms with E-state index in [9.17, 15) is 23.1 Å². The number of phenols is 1. The van der Waals surface area contributed by atoms with Crippen LogP contribution in [0.3, 0.4) is 0 Å². The number of carbonyl (C=O) groups is 1. The largest absolute Gasteiger partial charge is 0.573 e. The van der Waals surface area contributed by atoms with Gasteiger partial charge in [-0.25, -0.2) is 0 Å². The average Bonchev–Trinajstić information content (AvgIpc) is 3.01. The Morgan fingerprint density at radius 1 is 1.22 bits per heavy atom. The van der Waals surface area contributed by atoms with Crippen LogP contribution < -0.4 is 10.1 Å². The molecule has 1 heterocycles. The molecule has 1 unspecified atom stereocenters. The highest BCUT2D eigenvalue weighted by atomic mass is 19.4. The number of aromatic hydroxyl groups is 1. The number of phenolic OH excluding ortho intramolecular Hbond substituents is 1. The fraction of sp³-hybridized carbons (Fsp3) is 0.211. The van der Waals surface area contributed by atoms with E-state index in [4.69, 9.17) is 0 Å². The molecule has 0 saturated carbocycles. The molecular weight excluding hydrogens is 361 g/mol. The van der Waals surface area contributed by atoms with Crippen molar-refractivity contribution < 1.29 is 27.8 Å². The summed E-state index contributed by atoms with van der Waals surface area (Å²) in [7, 11) is 0. The first-order chi connectivity index (χ1) is 12.7. The minimum Gasteiger partial charge on any atom is -0.508 e. The van der Waals surface area contributed by atoms with Gasteiger partial charge in [0.25, 0.3) is 5.91 Å². The second kappa shape index (κ2) is 7.22. The summed E-state index contributed by atoms with van der Waals surface area (Å²) in [6.07, 6.45) is -2.95. The van der Waals surface area contributed by atoms with Crippen LogP contribution in [0, 0.1) is 0 Å². The van der Waals surface area contributed by atoms with Crippen molar-refractivity contribution in [2.75, 3.05) is 6.54 Å². The van der Waals surface area contributed by atoms with Gasteiger partial charge >= 0.3 is 6.36 Å². The quantitative estimate of drug-likeness (QED) is 0.620. The molecular formula is C19H17F3N2O3. The highest BCUT2D eigenvalue weighted by Gasteiger charge is 2.31. The molecule has 0 aliphatic rings. The summed E-state index contributed by atoms with van der Waals surface area (Å²) in [5, 5.41) is 13.3. The number of alkyl halides is 3. The summed E-state index contributed by atoms with van der Waals surface area (Å²) < 4.78 is 40.3. The van der Waals surface area contributed by atoms with E-state index in [1.807, 2.05) is 13.1 Å². The highest BCUT2D eigenvalue weighted by molar-refractivity contribution is 5.94. The van der Waals surface area contributed by atoms with Crippen molar-refractivity contribution in [3.63, 3.8) is 0 Å². The molecule has 1 amide bonds. The molecule has 142 valence electrons. The van der Waals surface area contributed by atoms with Gasteiger partial charge in [-0.1, -0.05) is 6.92 Å². The smallest absolute Gasteiger partial charge is 0.508 e. The van der Waals surface area contributed by atoms with E-state index in [1.165, 1.54) is 12.1 Å². The normalized spacial score (nSPS) is 12.7. The fourth-order valence-electron chi connectivity index (χ4n) is 2.80. The van der Waals surface area contributed by atoms with E-state index >= 15 is 0 Å². The second-order valence-corrected chi connectivity index (χ2v) is 6.16. The maximum atomic E-state index is 12.2. The molecule has 3 N–H and O–H groups in total. The molecule has 0 bridgehead atoms. The van der Waals surface area contributed by atoms with Gasteiger partial charge in [-0.3, -0.25) is 4.79 Å². The average molecular weight is 378 g/mol. The van der Waals surface area contributed by atoms with E-state index in [1.54, 1.807) is 18.2 Å². The predicted molar refractivity (Wildman–Crippen MR) is 93.8 cm³/mol. The van der Waals surface area contributed by atoms with Crippen molar-refractivity contribution >= 4 is 16.8 Å². The van der Waals surface area contributed by atoms with Gasteiger partial charge in [-0.2, -0.15) is 0 Å². The molecule has 2 aromatic carbocycles. The van der Waals surface area contributed by atoms with Gasteiger partial charge in [0.05, 0.1) is 0 Å². The number of carbonyl (C=O) groups excluding carboxylic acids is 1. The minimum absolute atomic E-state index is 0.0441. The van der Waals surface area contributed by atoms with Crippen LogP contribution in [0.5, 0.6) is 11.5 Å². The summed E-state index contributed by atoms with van der Waals surface area (Å²) in [4.78, 5) is 15.3. The number of fused-ring (bicyclic) bond motifs is 1. The van der Waals surface area contributed by atoms with Crippen molar-refractivity contribution in [3.05, 3.63) is 59.8 Å². The van der Waals surface area contributed by atoms with E-state index in [2.05, 4.69) is 15.0 Å². The van der Waals surface area contributed by atoms with Gasteiger partial charge in [-0.15, -0.1) is 13.2 Å². The Balaban J connectivity index is 1.63. The van der Waals surface area contributed by atoms with Crippen molar-refractivity contribution in [2.45, 2.75) is 19.2 Å². The Labute approximate surface area is 152 Å². The molecule has 27 heavy (non-hydrogen) atoms. The van der Waals surface area contributed by atoms with Crippen LogP contribution in [0.1, 0.15) is 28.8 Å². The van der Waals surface area contributed by atoms with Crippen LogP contribution in [-0.4, -0.2) is 28.9 Å². The molecule has 0 saturated heterocycles. The predicted octanol–water partition coefficient (Wildman–Crippen LogP) is 4.31. The highest BCUT2D eigenvalue weighted by Crippen LogP contribution is 2.28. The summed E-state index contributed by atoms with van der Waals surface area (Å²) in [6.45, 7) is 2.25. The fourth-order valence-corrected chi connectivity index (χ4v) is 2.80. The number of rotatable bonds is 5. The number of nitrogens with one attached hydrogen (secondary N) is 2. The first kappa shape index (κ1) is 18.6. The van der Waals surface area contributed by atoms with Gasteiger partial charge in [-0.05, 0) is 48.0 Å². The van der Waals surface area contributed by atoms with Crippen LogP contribution in [0.2, 0.25) is 0 Å². The number of aromatic amines is 1. The molecule has 0 aliphatic carbocycles. The van der Waals surface area contributed by atoms with Crippen LogP contribution in [-0.2, 0) is 0 Å². The van der Waals surface area contributed by atoms with Crippen LogP contribution in [0.15, 0.2) is 48.7 Å². The molecule has 3 rings (SSSR count). The van der Waals surface area contributed by atoms with Crippen molar-refractivity contribution in [1.82, 2.24) is 10.3 Å². The molecule has 0 aliphatic heterocycles. The van der Waals surface area contributed by atoms with Crippen molar-refractivity contribution in [1.29, 1.82) is 0 Å². The molecule has 0 spiro atoms. The Kier molecular flexibility index (Phi) is 4.98. The van der Waals surface area contributed by atoms with E-state index in [-0.39, 0.29) is 23.0 Å². The summed E-state index contributed by atoms with van der Waals surface area (Å²) in [5.74, 6) is -0.674. The van der Waals surface area contributed by atoms with Gasteiger partial charge in [0.2, 0.25) is 0 Å². The van der Waals surface area contributed by atoms with Gasteiger partial charge < -0.3 is 20.1 Å². The van der Waals surface area contributed by atoms with Crippen LogP contribution in [0.4, 0.5) is 13.2 Å². The summed E-state index contributed by atoms with van der Waals surface area (Å²) in [6, 6.07) is 9.72. The Morgan fingerprint density at radius 2 is 1.93 bits per heavy atom. The van der Waals surface area contributed by atoms with Crippen molar-refractivity contribution in [2.24, 2.45) is 0 Å². The lowest BCUT2D eigenvalue weighted by Gasteiger charge is -2.13.